The number of hydrogen-bond donors (Lipinski definition) is 1. The third-order valence-electron chi connectivity index (χ3n) is 6.25. The van der Waals surface area contributed by atoms with Crippen LogP contribution in [0.2, 0.25) is 0 Å². The molecule has 2 aromatic heterocycles. The zero-order chi connectivity index (χ0) is 22.1. The van der Waals surface area contributed by atoms with Gasteiger partial charge in [-0.25, -0.2) is 4.98 Å². The molecule has 1 saturated heterocycles. The molecule has 3 aromatic rings. The predicted molar refractivity (Wildman–Crippen MR) is 120 cm³/mol. The zero-order valence-corrected chi connectivity index (χ0v) is 18.4. The summed E-state index contributed by atoms with van der Waals surface area (Å²) in [6.07, 6.45) is 6.04. The third kappa shape index (κ3) is 3.84. The number of anilines is 1. The summed E-state index contributed by atoms with van der Waals surface area (Å²) in [5.74, 6) is 1.80. The van der Waals surface area contributed by atoms with Gasteiger partial charge in [0.2, 0.25) is 11.8 Å². The molecule has 5 rings (SSSR count). The molecule has 32 heavy (non-hydrogen) atoms. The summed E-state index contributed by atoms with van der Waals surface area (Å²) in [5.41, 5.74) is 2.55. The molecule has 0 bridgehead atoms. The zero-order valence-electron chi connectivity index (χ0n) is 18.4. The van der Waals surface area contributed by atoms with Crippen LogP contribution in [0.1, 0.15) is 31.7 Å². The van der Waals surface area contributed by atoms with Crippen LogP contribution in [0.4, 0.5) is 5.82 Å². The number of piperazine rings is 1. The first kappa shape index (κ1) is 20.6. The van der Waals surface area contributed by atoms with Gasteiger partial charge in [-0.1, -0.05) is 19.1 Å². The van der Waals surface area contributed by atoms with Crippen LogP contribution in [-0.2, 0) is 11.3 Å². The first-order valence-electron chi connectivity index (χ1n) is 11.1. The van der Waals surface area contributed by atoms with Crippen molar-refractivity contribution in [1.29, 1.82) is 0 Å². The lowest BCUT2D eigenvalue weighted by Crippen LogP contribution is -2.57. The molecule has 1 saturated carbocycles. The molecule has 9 heteroatoms. The van der Waals surface area contributed by atoms with E-state index < -0.39 is 0 Å². The van der Waals surface area contributed by atoms with Gasteiger partial charge in [0, 0.05) is 38.2 Å². The summed E-state index contributed by atoms with van der Waals surface area (Å²) in [4.78, 5) is 25.7. The summed E-state index contributed by atoms with van der Waals surface area (Å²) in [6, 6.07) is 8.01. The lowest BCUT2D eigenvalue weighted by atomic mass is 10.1. The Morgan fingerprint density at radius 3 is 2.62 bits per heavy atom. The number of hydrogen-bond acceptors (Lipinski definition) is 8. The Morgan fingerprint density at radius 2 is 1.91 bits per heavy atom. The fourth-order valence-corrected chi connectivity index (χ4v) is 4.35. The van der Waals surface area contributed by atoms with E-state index in [0.29, 0.717) is 30.4 Å². The predicted octanol–water partition coefficient (Wildman–Crippen LogP) is 2.50. The van der Waals surface area contributed by atoms with Gasteiger partial charge in [0.25, 0.3) is 5.89 Å². The van der Waals surface area contributed by atoms with Crippen LogP contribution in [-0.4, -0.2) is 63.2 Å². The van der Waals surface area contributed by atoms with Crippen LogP contribution in [0.25, 0.3) is 23.0 Å². The molecule has 9 nitrogen and oxygen atoms in total. The first-order valence-corrected chi connectivity index (χ1v) is 11.1. The van der Waals surface area contributed by atoms with Gasteiger partial charge in [0.05, 0.1) is 17.9 Å². The molecule has 2 fully saturated rings. The smallest absolute Gasteiger partial charge is 0.268 e. The van der Waals surface area contributed by atoms with Gasteiger partial charge in [-0.15, -0.1) is 10.2 Å². The molecule has 1 aliphatic heterocycles. The average Bonchev–Trinajstić information content (AvgIpc) is 3.40. The number of rotatable bonds is 6. The maximum absolute atomic E-state index is 12.3. The van der Waals surface area contributed by atoms with Gasteiger partial charge in [-0.2, -0.15) is 0 Å². The van der Waals surface area contributed by atoms with Crippen LogP contribution in [0, 0.1) is 0 Å². The normalized spacial score (nSPS) is 17.1. The SMILES string of the molecule is CCC(=O)N1CCN(c2cncc(-c3nnc(-c4ccc(CNC)cc4)o3)n2)CC12CC2. The van der Waals surface area contributed by atoms with E-state index in [1.807, 2.05) is 38.2 Å². The molecule has 1 aliphatic carbocycles. The van der Waals surface area contributed by atoms with E-state index in [0.717, 1.165) is 43.9 Å². The summed E-state index contributed by atoms with van der Waals surface area (Å²) in [6.45, 7) is 4.96. The van der Waals surface area contributed by atoms with Crippen molar-refractivity contribution in [2.45, 2.75) is 38.3 Å². The monoisotopic (exact) mass is 433 g/mol. The van der Waals surface area contributed by atoms with Crippen molar-refractivity contribution in [3.8, 4) is 23.0 Å². The molecule has 0 radical (unpaired) electrons. The number of benzene rings is 1. The van der Waals surface area contributed by atoms with Gasteiger partial charge in [-0.3, -0.25) is 9.78 Å². The Labute approximate surface area is 186 Å². The number of carbonyl (C=O) groups is 1. The number of amides is 1. The highest BCUT2D eigenvalue weighted by molar-refractivity contribution is 5.77. The Hall–Kier alpha value is -3.33. The van der Waals surface area contributed by atoms with Gasteiger partial charge in [-0.05, 0) is 37.6 Å². The lowest BCUT2D eigenvalue weighted by molar-refractivity contribution is -0.134. The van der Waals surface area contributed by atoms with Gasteiger partial charge >= 0.3 is 0 Å². The van der Waals surface area contributed by atoms with Crippen molar-refractivity contribution < 1.29 is 9.21 Å². The summed E-state index contributed by atoms with van der Waals surface area (Å²) < 4.78 is 5.90. The largest absolute Gasteiger partial charge is 0.415 e. The first-order chi connectivity index (χ1) is 15.6. The quantitative estimate of drug-likeness (QED) is 0.633. The lowest BCUT2D eigenvalue weighted by Gasteiger charge is -2.42. The maximum Gasteiger partial charge on any atom is 0.268 e. The van der Waals surface area contributed by atoms with E-state index in [2.05, 4.69) is 30.3 Å². The summed E-state index contributed by atoms with van der Waals surface area (Å²) >= 11 is 0. The van der Waals surface area contributed by atoms with E-state index in [9.17, 15) is 4.79 Å². The fraction of sp³-hybridized carbons (Fsp3) is 0.435. The summed E-state index contributed by atoms with van der Waals surface area (Å²) in [7, 11) is 1.92. The van der Waals surface area contributed by atoms with Crippen LogP contribution in [0.15, 0.2) is 41.1 Å². The molecular weight excluding hydrogens is 406 g/mol. The standard InChI is InChI=1S/C23H27N7O2/c1-3-20(31)30-11-10-29(15-23(30)8-9-23)19-14-25-13-18(26-19)22-28-27-21(32-22)17-6-4-16(5-7-17)12-24-2/h4-7,13-14,24H,3,8-12,15H2,1-2H3. The second-order valence-electron chi connectivity index (χ2n) is 8.45. The van der Waals surface area contributed by atoms with Gasteiger partial charge < -0.3 is 19.5 Å². The Morgan fingerprint density at radius 1 is 1.12 bits per heavy atom. The van der Waals surface area contributed by atoms with E-state index in [-0.39, 0.29) is 11.4 Å². The molecular formula is C23H27N7O2. The average molecular weight is 434 g/mol. The van der Waals surface area contributed by atoms with Crippen molar-refractivity contribution in [3.63, 3.8) is 0 Å². The maximum atomic E-state index is 12.3. The van der Waals surface area contributed by atoms with Crippen molar-refractivity contribution >= 4 is 11.7 Å². The molecule has 1 aromatic carbocycles. The fourth-order valence-electron chi connectivity index (χ4n) is 4.35. The third-order valence-corrected chi connectivity index (χ3v) is 6.25. The topological polar surface area (TPSA) is 100 Å². The highest BCUT2D eigenvalue weighted by atomic mass is 16.4. The molecule has 1 amide bonds. The highest BCUT2D eigenvalue weighted by Gasteiger charge is 2.53. The molecule has 166 valence electrons. The van der Waals surface area contributed by atoms with Crippen molar-refractivity contribution in [1.82, 2.24) is 30.4 Å². The Kier molecular flexibility index (Phi) is 5.34. The molecule has 1 N–H and O–H groups in total. The van der Waals surface area contributed by atoms with Crippen LogP contribution in [0.3, 0.4) is 0 Å². The molecule has 0 unspecified atom stereocenters. The minimum atomic E-state index is -0.0415. The summed E-state index contributed by atoms with van der Waals surface area (Å²) in [5, 5.41) is 11.5. The van der Waals surface area contributed by atoms with Crippen molar-refractivity contribution in [2.75, 3.05) is 31.6 Å². The number of nitrogens with zero attached hydrogens (tertiary/aromatic N) is 6. The van der Waals surface area contributed by atoms with E-state index in [4.69, 9.17) is 9.40 Å². The highest BCUT2D eigenvalue weighted by Crippen LogP contribution is 2.45. The number of aromatic nitrogens is 4. The minimum Gasteiger partial charge on any atom is -0.415 e. The number of carbonyl (C=O) groups excluding carboxylic acids is 1. The van der Waals surface area contributed by atoms with Crippen LogP contribution < -0.4 is 10.2 Å². The van der Waals surface area contributed by atoms with Gasteiger partial charge in [0.1, 0.15) is 11.5 Å². The van der Waals surface area contributed by atoms with Crippen LogP contribution >= 0.6 is 0 Å². The van der Waals surface area contributed by atoms with E-state index in [1.165, 1.54) is 5.56 Å². The van der Waals surface area contributed by atoms with Crippen LogP contribution in [0.5, 0.6) is 0 Å². The molecule has 3 heterocycles. The second-order valence-corrected chi connectivity index (χ2v) is 8.45. The van der Waals surface area contributed by atoms with Crippen molar-refractivity contribution in [2.24, 2.45) is 0 Å². The van der Waals surface area contributed by atoms with Crippen molar-refractivity contribution in [3.05, 3.63) is 42.2 Å². The van der Waals surface area contributed by atoms with E-state index >= 15 is 0 Å². The molecule has 1 spiro atoms. The Bertz CT molecular complexity index is 1110. The minimum absolute atomic E-state index is 0.0415. The Balaban J connectivity index is 1.34. The van der Waals surface area contributed by atoms with E-state index in [1.54, 1.807) is 12.4 Å². The number of nitrogens with one attached hydrogen (secondary N) is 1. The molecule has 2 aliphatic rings. The molecule has 0 atom stereocenters. The van der Waals surface area contributed by atoms with Gasteiger partial charge in [0.15, 0.2) is 0 Å². The second kappa shape index (κ2) is 8.31.